The number of hydrogen-bond donors (Lipinski definition) is 4. The van der Waals surface area contributed by atoms with Gasteiger partial charge in [-0.1, -0.05) is 18.2 Å². The maximum Gasteiger partial charge on any atom is 0.165 e. The number of aromatic nitrogens is 4. The number of hydrogen-bond acceptors (Lipinski definition) is 8. The van der Waals surface area contributed by atoms with Crippen molar-refractivity contribution in [1.29, 1.82) is 0 Å². The Morgan fingerprint density at radius 2 is 1.94 bits per heavy atom. The summed E-state index contributed by atoms with van der Waals surface area (Å²) in [5.41, 5.74) is 3.68. The van der Waals surface area contributed by atoms with Crippen LogP contribution >= 0.6 is 0 Å². The van der Waals surface area contributed by atoms with Gasteiger partial charge in [-0.15, -0.1) is 0 Å². The molecule has 0 amide bonds. The van der Waals surface area contributed by atoms with Crippen LogP contribution in [0.1, 0.15) is 29.9 Å². The van der Waals surface area contributed by atoms with E-state index >= 15 is 0 Å². The molecule has 0 saturated carbocycles. The summed E-state index contributed by atoms with van der Waals surface area (Å²) in [6.45, 7) is 0.305. The molecule has 1 saturated heterocycles. The molecule has 0 spiro atoms. The number of benzene rings is 1. The van der Waals surface area contributed by atoms with Crippen LogP contribution in [0.4, 0.5) is 4.39 Å². The van der Waals surface area contributed by atoms with Gasteiger partial charge in [-0.2, -0.15) is 0 Å². The first-order valence-electron chi connectivity index (χ1n) is 10.1. The van der Waals surface area contributed by atoms with E-state index in [1.165, 1.54) is 29.4 Å². The van der Waals surface area contributed by atoms with Crippen molar-refractivity contribution in [2.75, 3.05) is 13.2 Å². The number of ether oxygens (including phenoxy) is 1. The minimum absolute atomic E-state index is 0.229. The van der Waals surface area contributed by atoms with Gasteiger partial charge in [0.2, 0.25) is 0 Å². The van der Waals surface area contributed by atoms with E-state index in [0.29, 0.717) is 16.9 Å². The number of fused-ring (bicyclic) bond motifs is 1. The SMILES string of the molecule is OC[C@H]1OC(n2cnc3c(C4C=C(c5ccc(F)cc5)CCN4)ncnc32)[C@H](O)[C@@H]1O. The van der Waals surface area contributed by atoms with E-state index in [1.807, 2.05) is 6.08 Å². The highest BCUT2D eigenvalue weighted by molar-refractivity contribution is 5.75. The molecular formula is C21H22FN5O4. The Bertz CT molecular complexity index is 1120. The zero-order valence-electron chi connectivity index (χ0n) is 16.5. The quantitative estimate of drug-likeness (QED) is 0.479. The summed E-state index contributed by atoms with van der Waals surface area (Å²) < 4.78 is 20.4. The van der Waals surface area contributed by atoms with E-state index in [-0.39, 0.29) is 11.9 Å². The van der Waals surface area contributed by atoms with Crippen molar-refractivity contribution >= 4 is 16.7 Å². The molecule has 4 N–H and O–H groups in total. The summed E-state index contributed by atoms with van der Waals surface area (Å²) in [6, 6.07) is 6.18. The van der Waals surface area contributed by atoms with E-state index < -0.39 is 31.1 Å². The Hall–Kier alpha value is -2.76. The standard InChI is InChI=1S/C21H22FN5O4/c22-13-3-1-11(2-4-13)12-5-6-23-14(7-12)16-17-20(25-9-24-16)27(10-26-17)21-19(30)18(29)15(8-28)31-21/h1-4,7,9-10,14-15,18-19,21,23,28-30H,5-6,8H2/t14?,15-,18-,19-,21?/m1/s1. The molecule has 2 unspecified atom stereocenters. The molecule has 3 aromatic rings. The maximum atomic E-state index is 13.3. The van der Waals surface area contributed by atoms with Crippen molar-refractivity contribution in [2.45, 2.75) is 37.0 Å². The summed E-state index contributed by atoms with van der Waals surface area (Å²) in [5, 5.41) is 33.2. The van der Waals surface area contributed by atoms with Gasteiger partial charge in [0, 0.05) is 6.54 Å². The minimum Gasteiger partial charge on any atom is -0.394 e. The first-order valence-corrected chi connectivity index (χ1v) is 10.1. The molecule has 2 aromatic heterocycles. The topological polar surface area (TPSA) is 126 Å². The Labute approximate surface area is 176 Å². The fraction of sp³-hybridized carbons (Fsp3) is 0.381. The van der Waals surface area contributed by atoms with Crippen molar-refractivity contribution in [1.82, 2.24) is 24.8 Å². The van der Waals surface area contributed by atoms with Gasteiger partial charge in [-0.3, -0.25) is 4.57 Å². The lowest BCUT2D eigenvalue weighted by Gasteiger charge is -2.23. The molecule has 10 heteroatoms. The first kappa shape index (κ1) is 20.2. The van der Waals surface area contributed by atoms with Crippen molar-refractivity contribution in [3.05, 3.63) is 60.1 Å². The summed E-state index contributed by atoms with van der Waals surface area (Å²) in [5.74, 6) is -0.275. The minimum atomic E-state index is -1.23. The number of nitrogens with one attached hydrogen (secondary N) is 1. The highest BCUT2D eigenvalue weighted by Crippen LogP contribution is 2.33. The van der Waals surface area contributed by atoms with Crippen LogP contribution in [0.5, 0.6) is 0 Å². The molecule has 1 fully saturated rings. The van der Waals surface area contributed by atoms with Gasteiger partial charge in [0.25, 0.3) is 0 Å². The molecule has 5 atom stereocenters. The van der Waals surface area contributed by atoms with Gasteiger partial charge >= 0.3 is 0 Å². The Morgan fingerprint density at radius 3 is 2.68 bits per heavy atom. The van der Waals surface area contributed by atoms with Crippen LogP contribution in [0.15, 0.2) is 43.0 Å². The van der Waals surface area contributed by atoms with Crippen LogP contribution < -0.4 is 5.32 Å². The predicted molar refractivity (Wildman–Crippen MR) is 108 cm³/mol. The van der Waals surface area contributed by atoms with Crippen LogP contribution in [0.25, 0.3) is 16.7 Å². The van der Waals surface area contributed by atoms with Gasteiger partial charge in [0.15, 0.2) is 11.9 Å². The molecule has 0 bridgehead atoms. The van der Waals surface area contributed by atoms with E-state index in [1.54, 1.807) is 12.1 Å². The summed E-state index contributed by atoms with van der Waals surface area (Å²) >= 11 is 0. The van der Waals surface area contributed by atoms with Crippen LogP contribution in [-0.2, 0) is 4.74 Å². The van der Waals surface area contributed by atoms with Crippen LogP contribution in [-0.4, -0.2) is 66.3 Å². The molecule has 2 aliphatic heterocycles. The number of rotatable bonds is 4. The average molecular weight is 427 g/mol. The lowest BCUT2D eigenvalue weighted by Crippen LogP contribution is -2.33. The summed E-state index contributed by atoms with van der Waals surface area (Å²) in [4.78, 5) is 13.2. The molecule has 31 heavy (non-hydrogen) atoms. The molecule has 162 valence electrons. The molecule has 5 rings (SSSR count). The smallest absolute Gasteiger partial charge is 0.165 e. The van der Waals surface area contributed by atoms with Crippen molar-refractivity contribution in [3.8, 4) is 0 Å². The van der Waals surface area contributed by atoms with Crippen LogP contribution in [0, 0.1) is 5.82 Å². The third-order valence-electron chi connectivity index (χ3n) is 5.81. The van der Waals surface area contributed by atoms with Crippen molar-refractivity contribution in [2.24, 2.45) is 0 Å². The summed E-state index contributed by atoms with van der Waals surface area (Å²) in [6.07, 6.45) is 1.48. The molecule has 0 radical (unpaired) electrons. The maximum absolute atomic E-state index is 13.3. The highest BCUT2D eigenvalue weighted by Gasteiger charge is 2.44. The zero-order chi connectivity index (χ0) is 21.5. The first-order chi connectivity index (χ1) is 15.1. The van der Waals surface area contributed by atoms with E-state index in [0.717, 1.165) is 24.1 Å². The Kier molecular flexibility index (Phi) is 5.24. The van der Waals surface area contributed by atoms with E-state index in [4.69, 9.17) is 4.74 Å². The van der Waals surface area contributed by atoms with Gasteiger partial charge in [0.1, 0.15) is 36.0 Å². The summed E-state index contributed by atoms with van der Waals surface area (Å²) in [7, 11) is 0. The van der Waals surface area contributed by atoms with Crippen LogP contribution in [0.3, 0.4) is 0 Å². The number of imidazole rings is 1. The molecule has 9 nitrogen and oxygen atoms in total. The van der Waals surface area contributed by atoms with Crippen molar-refractivity contribution < 1.29 is 24.4 Å². The third-order valence-corrected chi connectivity index (χ3v) is 5.81. The molecular weight excluding hydrogens is 405 g/mol. The second-order valence-electron chi connectivity index (χ2n) is 7.69. The molecule has 0 aliphatic carbocycles. The zero-order valence-corrected chi connectivity index (χ0v) is 16.5. The third kappa shape index (κ3) is 3.52. The number of aliphatic hydroxyl groups is 3. The number of aliphatic hydroxyl groups excluding tert-OH is 3. The fourth-order valence-electron chi connectivity index (χ4n) is 4.18. The van der Waals surface area contributed by atoms with Gasteiger partial charge < -0.3 is 25.4 Å². The highest BCUT2D eigenvalue weighted by atomic mass is 19.1. The van der Waals surface area contributed by atoms with E-state index in [9.17, 15) is 19.7 Å². The average Bonchev–Trinajstić information content (AvgIpc) is 3.35. The van der Waals surface area contributed by atoms with Gasteiger partial charge in [0.05, 0.1) is 24.7 Å². The second-order valence-corrected chi connectivity index (χ2v) is 7.69. The van der Waals surface area contributed by atoms with Gasteiger partial charge in [-0.25, -0.2) is 19.3 Å². The fourth-order valence-corrected chi connectivity index (χ4v) is 4.18. The normalized spacial score (nSPS) is 28.8. The second kappa shape index (κ2) is 8.06. The number of halogens is 1. The number of nitrogens with zero attached hydrogens (tertiary/aromatic N) is 4. The van der Waals surface area contributed by atoms with Crippen LogP contribution in [0.2, 0.25) is 0 Å². The van der Waals surface area contributed by atoms with E-state index in [2.05, 4.69) is 20.3 Å². The monoisotopic (exact) mass is 427 g/mol. The Morgan fingerprint density at radius 1 is 1.13 bits per heavy atom. The largest absolute Gasteiger partial charge is 0.394 e. The lowest BCUT2D eigenvalue weighted by atomic mass is 9.95. The molecule has 2 aliphatic rings. The Balaban J connectivity index is 1.50. The molecule has 1 aromatic carbocycles. The van der Waals surface area contributed by atoms with Crippen molar-refractivity contribution in [3.63, 3.8) is 0 Å². The predicted octanol–water partition coefficient (Wildman–Crippen LogP) is 0.695. The molecule has 4 heterocycles. The van der Waals surface area contributed by atoms with Gasteiger partial charge in [-0.05, 0) is 29.7 Å². The lowest BCUT2D eigenvalue weighted by molar-refractivity contribution is -0.0511.